The zero-order chi connectivity index (χ0) is 23.8. The minimum Gasteiger partial charge on any atom is -0.493 e. The Kier molecular flexibility index (Phi) is 8.46. The van der Waals surface area contributed by atoms with Gasteiger partial charge < -0.3 is 30.2 Å². The lowest BCUT2D eigenvalue weighted by atomic mass is 10.0. The first-order valence-electron chi connectivity index (χ1n) is 9.99. The predicted octanol–water partition coefficient (Wildman–Crippen LogP) is 3.06. The third kappa shape index (κ3) is 6.13. The van der Waals surface area contributed by atoms with Gasteiger partial charge in [-0.15, -0.1) is 0 Å². The van der Waals surface area contributed by atoms with Crippen LogP contribution in [0.4, 0.5) is 11.4 Å². The van der Waals surface area contributed by atoms with Crippen LogP contribution in [-0.2, 0) is 9.59 Å². The Morgan fingerprint density at radius 1 is 0.812 bits per heavy atom. The quantitative estimate of drug-likeness (QED) is 0.549. The van der Waals surface area contributed by atoms with Gasteiger partial charge in [-0.1, -0.05) is 13.8 Å². The standard InChI is InChI=1S/C23H29N3O6/c1-13(2)20(23(29)25-17-9-7-16(8-10-17)24-14(3)27)26-22(28)15-11-18(30-4)21(32-6)19(12-15)31-5/h7-13,20H,1-6H3,(H,24,27)(H,25,29)(H,26,28). The van der Waals surface area contributed by atoms with E-state index in [0.717, 1.165) is 0 Å². The highest BCUT2D eigenvalue weighted by Gasteiger charge is 2.26. The fraction of sp³-hybridized carbons (Fsp3) is 0.348. The van der Waals surface area contributed by atoms with E-state index in [1.807, 2.05) is 13.8 Å². The average molecular weight is 444 g/mol. The van der Waals surface area contributed by atoms with Gasteiger partial charge in [0.1, 0.15) is 6.04 Å². The minimum atomic E-state index is -0.795. The van der Waals surface area contributed by atoms with Gasteiger partial charge in [0, 0.05) is 23.9 Å². The SMILES string of the molecule is COc1cc(C(=O)NC(C(=O)Nc2ccc(NC(C)=O)cc2)C(C)C)cc(OC)c1OC. The number of hydrogen-bond donors (Lipinski definition) is 3. The Morgan fingerprint density at radius 3 is 1.72 bits per heavy atom. The number of benzene rings is 2. The second kappa shape index (κ2) is 11.0. The number of carbonyl (C=O) groups is 3. The van der Waals surface area contributed by atoms with E-state index in [0.29, 0.717) is 28.6 Å². The molecule has 0 aromatic heterocycles. The first-order chi connectivity index (χ1) is 15.2. The van der Waals surface area contributed by atoms with Gasteiger partial charge >= 0.3 is 0 Å². The molecule has 32 heavy (non-hydrogen) atoms. The summed E-state index contributed by atoms with van der Waals surface area (Å²) >= 11 is 0. The highest BCUT2D eigenvalue weighted by atomic mass is 16.5. The molecular weight excluding hydrogens is 414 g/mol. The van der Waals surface area contributed by atoms with Gasteiger partial charge in [0.15, 0.2) is 11.5 Å². The third-order valence-corrected chi connectivity index (χ3v) is 4.64. The van der Waals surface area contributed by atoms with E-state index in [2.05, 4.69) is 16.0 Å². The van der Waals surface area contributed by atoms with Crippen LogP contribution in [0, 0.1) is 5.92 Å². The molecule has 0 heterocycles. The smallest absolute Gasteiger partial charge is 0.252 e. The number of amides is 3. The van der Waals surface area contributed by atoms with Crippen LogP contribution in [0.5, 0.6) is 17.2 Å². The number of methoxy groups -OCH3 is 3. The molecule has 0 spiro atoms. The maximum atomic E-state index is 12.9. The molecule has 1 unspecified atom stereocenters. The lowest BCUT2D eigenvalue weighted by molar-refractivity contribution is -0.119. The molecule has 9 nitrogen and oxygen atoms in total. The van der Waals surface area contributed by atoms with Crippen molar-refractivity contribution < 1.29 is 28.6 Å². The van der Waals surface area contributed by atoms with Crippen molar-refractivity contribution in [3.63, 3.8) is 0 Å². The average Bonchev–Trinajstić information content (AvgIpc) is 2.76. The summed E-state index contributed by atoms with van der Waals surface area (Å²) in [6.45, 7) is 5.08. The van der Waals surface area contributed by atoms with Crippen molar-refractivity contribution >= 4 is 29.1 Å². The van der Waals surface area contributed by atoms with Crippen molar-refractivity contribution in [3.8, 4) is 17.2 Å². The Bertz CT molecular complexity index is 947. The predicted molar refractivity (Wildman–Crippen MR) is 122 cm³/mol. The molecule has 0 saturated carbocycles. The molecule has 2 rings (SSSR count). The number of anilines is 2. The topological polar surface area (TPSA) is 115 Å². The first-order valence-corrected chi connectivity index (χ1v) is 9.99. The molecule has 3 N–H and O–H groups in total. The van der Waals surface area contributed by atoms with E-state index in [9.17, 15) is 14.4 Å². The van der Waals surface area contributed by atoms with Gasteiger partial charge in [0.25, 0.3) is 5.91 Å². The number of nitrogens with one attached hydrogen (secondary N) is 3. The fourth-order valence-corrected chi connectivity index (χ4v) is 3.03. The minimum absolute atomic E-state index is 0.181. The molecule has 1 atom stereocenters. The molecule has 2 aromatic carbocycles. The maximum Gasteiger partial charge on any atom is 0.252 e. The van der Waals surface area contributed by atoms with E-state index in [-0.39, 0.29) is 23.3 Å². The zero-order valence-corrected chi connectivity index (χ0v) is 19.1. The molecule has 0 saturated heterocycles. The normalized spacial score (nSPS) is 11.3. The van der Waals surface area contributed by atoms with Crippen molar-refractivity contribution in [3.05, 3.63) is 42.0 Å². The summed E-state index contributed by atoms with van der Waals surface area (Å²) < 4.78 is 15.9. The van der Waals surface area contributed by atoms with Crippen molar-refractivity contribution in [2.24, 2.45) is 5.92 Å². The van der Waals surface area contributed by atoms with Crippen molar-refractivity contribution in [2.75, 3.05) is 32.0 Å². The van der Waals surface area contributed by atoms with E-state index in [1.165, 1.54) is 40.4 Å². The van der Waals surface area contributed by atoms with Crippen LogP contribution in [0.1, 0.15) is 31.1 Å². The largest absolute Gasteiger partial charge is 0.493 e. The molecule has 0 bridgehead atoms. The van der Waals surface area contributed by atoms with Gasteiger partial charge in [-0.3, -0.25) is 14.4 Å². The highest BCUT2D eigenvalue weighted by Crippen LogP contribution is 2.38. The van der Waals surface area contributed by atoms with Crippen LogP contribution in [0.2, 0.25) is 0 Å². The molecule has 9 heteroatoms. The number of rotatable bonds is 9. The van der Waals surface area contributed by atoms with Gasteiger partial charge in [-0.25, -0.2) is 0 Å². The lowest BCUT2D eigenvalue weighted by Gasteiger charge is -2.22. The van der Waals surface area contributed by atoms with Crippen molar-refractivity contribution in [1.82, 2.24) is 5.32 Å². The molecule has 0 aliphatic carbocycles. The molecule has 172 valence electrons. The van der Waals surface area contributed by atoms with E-state index < -0.39 is 11.9 Å². The van der Waals surface area contributed by atoms with Crippen molar-refractivity contribution in [1.29, 1.82) is 0 Å². The van der Waals surface area contributed by atoms with E-state index in [1.54, 1.807) is 24.3 Å². The van der Waals surface area contributed by atoms with E-state index >= 15 is 0 Å². The van der Waals surface area contributed by atoms with Crippen LogP contribution >= 0.6 is 0 Å². The molecule has 2 aromatic rings. The second-order valence-corrected chi connectivity index (χ2v) is 7.36. The molecular formula is C23H29N3O6. The number of carbonyl (C=O) groups excluding carboxylic acids is 3. The van der Waals surface area contributed by atoms with Crippen LogP contribution in [-0.4, -0.2) is 45.1 Å². The maximum absolute atomic E-state index is 12.9. The number of hydrogen-bond acceptors (Lipinski definition) is 6. The summed E-state index contributed by atoms with van der Waals surface area (Å²) in [5.41, 5.74) is 1.42. The summed E-state index contributed by atoms with van der Waals surface area (Å²) in [6.07, 6.45) is 0. The molecule has 0 fully saturated rings. The molecule has 0 radical (unpaired) electrons. The summed E-state index contributed by atoms with van der Waals surface area (Å²) in [5.74, 6) is -0.154. The van der Waals surface area contributed by atoms with E-state index in [4.69, 9.17) is 14.2 Å². The zero-order valence-electron chi connectivity index (χ0n) is 19.1. The summed E-state index contributed by atoms with van der Waals surface area (Å²) in [5, 5.41) is 8.22. The highest BCUT2D eigenvalue weighted by molar-refractivity contribution is 6.02. The Balaban J connectivity index is 2.18. The fourth-order valence-electron chi connectivity index (χ4n) is 3.03. The van der Waals surface area contributed by atoms with Gasteiger partial charge in [0.05, 0.1) is 21.3 Å². The van der Waals surface area contributed by atoms with Gasteiger partial charge in [0.2, 0.25) is 17.6 Å². The van der Waals surface area contributed by atoms with Crippen LogP contribution < -0.4 is 30.2 Å². The monoisotopic (exact) mass is 443 g/mol. The van der Waals surface area contributed by atoms with Crippen LogP contribution in [0.3, 0.4) is 0 Å². The van der Waals surface area contributed by atoms with Crippen molar-refractivity contribution in [2.45, 2.75) is 26.8 Å². The summed E-state index contributed by atoms with van der Waals surface area (Å²) in [7, 11) is 4.39. The summed E-state index contributed by atoms with van der Waals surface area (Å²) in [4.78, 5) is 36.9. The molecule has 3 amide bonds. The molecule has 0 aliphatic heterocycles. The first kappa shape index (κ1) is 24.5. The second-order valence-electron chi connectivity index (χ2n) is 7.36. The summed E-state index contributed by atoms with van der Waals surface area (Å²) in [6, 6.07) is 8.94. The number of ether oxygens (including phenoxy) is 3. The molecule has 0 aliphatic rings. The van der Waals surface area contributed by atoms with Crippen LogP contribution in [0.25, 0.3) is 0 Å². The van der Waals surface area contributed by atoms with Crippen LogP contribution in [0.15, 0.2) is 36.4 Å². The van der Waals surface area contributed by atoms with Gasteiger partial charge in [-0.2, -0.15) is 0 Å². The Morgan fingerprint density at radius 2 is 1.31 bits per heavy atom. The Hall–Kier alpha value is -3.75. The lowest BCUT2D eigenvalue weighted by Crippen LogP contribution is -2.47. The third-order valence-electron chi connectivity index (χ3n) is 4.64. The van der Waals surface area contributed by atoms with Gasteiger partial charge in [-0.05, 0) is 42.3 Å². The Labute approximate surface area is 187 Å².